The van der Waals surface area contributed by atoms with E-state index in [1.807, 2.05) is 22.2 Å². The van der Waals surface area contributed by atoms with Crippen molar-refractivity contribution in [2.45, 2.75) is 20.1 Å². The van der Waals surface area contributed by atoms with Gasteiger partial charge in [-0.1, -0.05) is 30.3 Å². The molecule has 0 spiro atoms. The molecule has 0 amide bonds. The number of aromatic nitrogens is 3. The van der Waals surface area contributed by atoms with Crippen molar-refractivity contribution in [2.75, 3.05) is 7.05 Å². The van der Waals surface area contributed by atoms with Gasteiger partial charge in [0, 0.05) is 6.54 Å². The molecule has 22 heavy (non-hydrogen) atoms. The Bertz CT molecular complexity index is 802. The molecule has 1 N–H and O–H groups in total. The van der Waals surface area contributed by atoms with Crippen molar-refractivity contribution in [1.82, 2.24) is 19.7 Å². The summed E-state index contributed by atoms with van der Waals surface area (Å²) in [5.74, 6) is 0.837. The number of nitrogens with zero attached hydrogens (tertiary/aromatic N) is 3. The molecule has 1 aromatic carbocycles. The van der Waals surface area contributed by atoms with Gasteiger partial charge >= 0.3 is 0 Å². The van der Waals surface area contributed by atoms with Crippen LogP contribution in [-0.4, -0.2) is 26.7 Å². The number of hydrogen-bond donors (Lipinski definition) is 1. The molecule has 4 nitrogen and oxygen atoms in total. The lowest BCUT2D eigenvalue weighted by Crippen LogP contribution is -2.22. The molecule has 0 bridgehead atoms. The van der Waals surface area contributed by atoms with E-state index in [1.165, 1.54) is 11.1 Å². The van der Waals surface area contributed by atoms with Crippen molar-refractivity contribution in [3.63, 3.8) is 0 Å². The lowest BCUT2D eigenvalue weighted by atomic mass is 10.1. The van der Waals surface area contributed by atoms with E-state index in [0.29, 0.717) is 11.4 Å². The highest BCUT2D eigenvalue weighted by atomic mass is 32.1. The molecule has 0 fully saturated rings. The fourth-order valence-electron chi connectivity index (χ4n) is 2.35. The lowest BCUT2D eigenvalue weighted by molar-refractivity contribution is 0.244. The minimum atomic E-state index is 0.583. The smallest absolute Gasteiger partial charge is 0.217 e. The van der Waals surface area contributed by atoms with Crippen LogP contribution in [0, 0.1) is 11.7 Å². The van der Waals surface area contributed by atoms with Gasteiger partial charge < -0.3 is 0 Å². The summed E-state index contributed by atoms with van der Waals surface area (Å²) in [6, 6.07) is 12.5. The fourth-order valence-corrected chi connectivity index (χ4v) is 3.20. The third-order valence-corrected chi connectivity index (χ3v) is 4.71. The van der Waals surface area contributed by atoms with E-state index in [9.17, 15) is 0 Å². The van der Waals surface area contributed by atoms with E-state index in [-0.39, 0.29) is 0 Å². The number of benzene rings is 1. The van der Waals surface area contributed by atoms with Gasteiger partial charge in [0.1, 0.15) is 0 Å². The molecule has 0 aliphatic carbocycles. The Balaban J connectivity index is 1.73. The van der Waals surface area contributed by atoms with Crippen LogP contribution in [0.4, 0.5) is 0 Å². The Hall–Kier alpha value is -1.76. The Kier molecular flexibility index (Phi) is 4.52. The number of nitrogens with one attached hydrogen (secondary N) is 1. The van der Waals surface area contributed by atoms with Gasteiger partial charge in [-0.2, -0.15) is 4.98 Å². The summed E-state index contributed by atoms with van der Waals surface area (Å²) in [6.45, 7) is 3.70. The van der Waals surface area contributed by atoms with Gasteiger partial charge in [0.2, 0.25) is 4.77 Å². The van der Waals surface area contributed by atoms with Crippen LogP contribution in [-0.2, 0) is 13.2 Å². The molecule has 0 aliphatic rings. The second-order valence-electron chi connectivity index (χ2n) is 5.34. The highest BCUT2D eigenvalue weighted by Gasteiger charge is 2.08. The monoisotopic (exact) mass is 330 g/mol. The normalized spacial score (nSPS) is 11.2. The molecule has 0 radical (unpaired) electrons. The van der Waals surface area contributed by atoms with E-state index >= 15 is 0 Å². The second kappa shape index (κ2) is 6.56. The molecular weight excluding hydrogens is 312 g/mol. The minimum absolute atomic E-state index is 0.583. The summed E-state index contributed by atoms with van der Waals surface area (Å²) in [6.07, 6.45) is 0. The summed E-state index contributed by atoms with van der Waals surface area (Å²) in [5, 5.41) is 5.32. The number of rotatable bonds is 5. The van der Waals surface area contributed by atoms with Crippen molar-refractivity contribution in [3.05, 3.63) is 57.7 Å². The highest BCUT2D eigenvalue weighted by Crippen LogP contribution is 2.20. The molecule has 6 heteroatoms. The molecule has 0 atom stereocenters. The predicted molar refractivity (Wildman–Crippen MR) is 93.4 cm³/mol. The van der Waals surface area contributed by atoms with E-state index < -0.39 is 0 Å². The third-order valence-electron chi connectivity index (χ3n) is 3.52. The Morgan fingerprint density at radius 2 is 2.09 bits per heavy atom. The molecule has 3 aromatic rings. The van der Waals surface area contributed by atoms with Crippen LogP contribution in [0.25, 0.3) is 10.7 Å². The van der Waals surface area contributed by atoms with Crippen LogP contribution >= 0.6 is 23.6 Å². The minimum Gasteiger partial charge on any atom is -0.283 e. The van der Waals surface area contributed by atoms with Crippen LogP contribution in [0.15, 0.2) is 41.8 Å². The maximum atomic E-state index is 5.35. The lowest BCUT2D eigenvalue weighted by Gasteiger charge is -2.18. The summed E-state index contributed by atoms with van der Waals surface area (Å²) in [5.41, 5.74) is 2.64. The van der Waals surface area contributed by atoms with Gasteiger partial charge in [-0.15, -0.1) is 11.3 Å². The number of H-pyrrole nitrogens is 1. The molecular formula is C16H18N4S2. The second-order valence-corrected chi connectivity index (χ2v) is 6.66. The van der Waals surface area contributed by atoms with Gasteiger partial charge in [0.05, 0.1) is 11.5 Å². The molecule has 0 aliphatic heterocycles. The standard InChI is InChI=1S/C16H18N4S2/c1-12-6-3-4-7-13(12)10-19(2)11-20-16(21)17-15(18-20)14-8-5-9-22-14/h3-9H,10-11H2,1-2H3,(H,17,18,21). The summed E-state index contributed by atoms with van der Waals surface area (Å²) in [7, 11) is 2.08. The SMILES string of the molecule is Cc1ccccc1CN(C)Cn1[nH]c(-c2cccs2)nc1=S. The summed E-state index contributed by atoms with van der Waals surface area (Å²) >= 11 is 7.01. The van der Waals surface area contributed by atoms with Gasteiger partial charge in [-0.05, 0) is 48.8 Å². The largest absolute Gasteiger partial charge is 0.283 e. The molecule has 2 heterocycles. The first-order valence-electron chi connectivity index (χ1n) is 7.07. The molecule has 2 aromatic heterocycles. The van der Waals surface area contributed by atoms with E-state index in [2.05, 4.69) is 53.2 Å². The molecule has 0 saturated carbocycles. The summed E-state index contributed by atoms with van der Waals surface area (Å²) in [4.78, 5) is 7.76. The van der Waals surface area contributed by atoms with Crippen molar-refractivity contribution in [3.8, 4) is 10.7 Å². The van der Waals surface area contributed by atoms with Gasteiger partial charge in [-0.3, -0.25) is 10.00 Å². The van der Waals surface area contributed by atoms with Crippen molar-refractivity contribution < 1.29 is 0 Å². The first-order chi connectivity index (χ1) is 10.6. The topological polar surface area (TPSA) is 36.9 Å². The Labute approximate surface area is 139 Å². The number of hydrogen-bond acceptors (Lipinski definition) is 4. The quantitative estimate of drug-likeness (QED) is 0.717. The average molecular weight is 330 g/mol. The van der Waals surface area contributed by atoms with Crippen molar-refractivity contribution in [1.29, 1.82) is 0 Å². The van der Waals surface area contributed by atoms with Gasteiger partial charge in [0.25, 0.3) is 0 Å². The molecule has 0 unspecified atom stereocenters. The summed E-state index contributed by atoms with van der Waals surface area (Å²) < 4.78 is 2.49. The van der Waals surface area contributed by atoms with E-state index in [4.69, 9.17) is 12.2 Å². The number of aryl methyl sites for hydroxylation is 1. The average Bonchev–Trinajstić information content (AvgIpc) is 3.12. The number of thiophene rings is 1. The zero-order valence-corrected chi connectivity index (χ0v) is 14.2. The fraction of sp³-hybridized carbons (Fsp3) is 0.250. The van der Waals surface area contributed by atoms with E-state index in [0.717, 1.165) is 17.2 Å². The maximum Gasteiger partial charge on any atom is 0.217 e. The van der Waals surface area contributed by atoms with Crippen LogP contribution in [0.3, 0.4) is 0 Å². The van der Waals surface area contributed by atoms with Crippen molar-refractivity contribution in [2.24, 2.45) is 0 Å². The zero-order valence-electron chi connectivity index (χ0n) is 12.6. The van der Waals surface area contributed by atoms with Crippen LogP contribution in [0.2, 0.25) is 0 Å². The van der Waals surface area contributed by atoms with E-state index in [1.54, 1.807) is 11.3 Å². The highest BCUT2D eigenvalue weighted by molar-refractivity contribution is 7.71. The van der Waals surface area contributed by atoms with Gasteiger partial charge in [-0.25, -0.2) is 4.68 Å². The molecule has 0 saturated heterocycles. The van der Waals surface area contributed by atoms with Crippen LogP contribution in [0.5, 0.6) is 0 Å². The predicted octanol–water partition coefficient (Wildman–Crippen LogP) is 4.07. The zero-order chi connectivity index (χ0) is 15.5. The molecule has 114 valence electrons. The van der Waals surface area contributed by atoms with Crippen LogP contribution < -0.4 is 0 Å². The Morgan fingerprint density at radius 1 is 1.27 bits per heavy atom. The van der Waals surface area contributed by atoms with Crippen LogP contribution in [0.1, 0.15) is 11.1 Å². The van der Waals surface area contributed by atoms with Crippen molar-refractivity contribution >= 4 is 23.6 Å². The maximum absolute atomic E-state index is 5.35. The van der Waals surface area contributed by atoms with Gasteiger partial charge in [0.15, 0.2) is 5.82 Å². The number of aromatic amines is 1. The first-order valence-corrected chi connectivity index (χ1v) is 8.36. The Morgan fingerprint density at radius 3 is 2.82 bits per heavy atom. The first kappa shape index (κ1) is 15.1. The third kappa shape index (κ3) is 3.35. The molecule has 3 rings (SSSR count).